The number of fused-ring (bicyclic) bond motifs is 3. The third kappa shape index (κ3) is 0.649. The van der Waals surface area contributed by atoms with E-state index in [9.17, 15) is 0 Å². The summed E-state index contributed by atoms with van der Waals surface area (Å²) >= 11 is 0. The molecule has 0 amide bonds. The normalized spacial score (nSPS) is 65.1. The van der Waals surface area contributed by atoms with Gasteiger partial charge in [0.05, 0.1) is 0 Å². The zero-order chi connectivity index (χ0) is 8.84. The fraction of sp³-hybridized carbons (Fsp3) is 1.00. The standard InChI is InChI=1S/C13H20/c1-8-6-13(7-9(13)2)11-5-10(11)12(8)3-4-12/h8-11H,3-7H2,1-2H3/t8?,9-,10?,11?,13?/m0/s1. The molecule has 0 aromatic carbocycles. The average molecular weight is 176 g/mol. The van der Waals surface area contributed by atoms with Crippen LogP contribution in [0.2, 0.25) is 0 Å². The van der Waals surface area contributed by atoms with Gasteiger partial charge in [0.15, 0.2) is 0 Å². The van der Waals surface area contributed by atoms with Crippen molar-refractivity contribution in [2.24, 2.45) is 34.5 Å². The Bertz CT molecular complexity index is 270. The van der Waals surface area contributed by atoms with Crippen molar-refractivity contribution in [2.45, 2.75) is 46.0 Å². The van der Waals surface area contributed by atoms with E-state index in [0.29, 0.717) is 0 Å². The highest BCUT2D eigenvalue weighted by Gasteiger charge is 2.75. The smallest absolute Gasteiger partial charge is 0.0235 e. The lowest BCUT2D eigenvalue weighted by molar-refractivity contribution is 0.135. The van der Waals surface area contributed by atoms with Gasteiger partial charge in [0, 0.05) is 0 Å². The SMILES string of the molecule is CC1CC2(C[C@@H]2C)C2CC2C12CC2. The lowest BCUT2D eigenvalue weighted by Gasteiger charge is -2.35. The molecule has 0 N–H and O–H groups in total. The summed E-state index contributed by atoms with van der Waals surface area (Å²) in [5, 5.41) is 0. The summed E-state index contributed by atoms with van der Waals surface area (Å²) < 4.78 is 0. The van der Waals surface area contributed by atoms with E-state index in [-0.39, 0.29) is 0 Å². The summed E-state index contributed by atoms with van der Waals surface area (Å²) in [5.74, 6) is 4.55. The van der Waals surface area contributed by atoms with Gasteiger partial charge in [-0.2, -0.15) is 0 Å². The zero-order valence-electron chi connectivity index (χ0n) is 8.84. The first kappa shape index (κ1) is 7.31. The molecule has 13 heavy (non-hydrogen) atoms. The summed E-state index contributed by atoms with van der Waals surface area (Å²) in [6, 6.07) is 0. The highest BCUT2D eigenvalue weighted by Crippen LogP contribution is 2.83. The Morgan fingerprint density at radius 2 is 1.38 bits per heavy atom. The van der Waals surface area contributed by atoms with Crippen molar-refractivity contribution in [1.82, 2.24) is 0 Å². The largest absolute Gasteiger partial charge is 0.0619 e. The van der Waals surface area contributed by atoms with Gasteiger partial charge in [0.25, 0.3) is 0 Å². The third-order valence-electron chi connectivity index (χ3n) is 6.27. The molecule has 4 aliphatic carbocycles. The quantitative estimate of drug-likeness (QED) is 0.530. The second-order valence-corrected chi connectivity index (χ2v) is 6.63. The first-order valence-electron chi connectivity index (χ1n) is 6.19. The van der Waals surface area contributed by atoms with E-state index in [1.165, 1.54) is 11.8 Å². The molecule has 0 heterocycles. The Balaban J connectivity index is 1.70. The maximum atomic E-state index is 2.55. The van der Waals surface area contributed by atoms with Gasteiger partial charge in [0.2, 0.25) is 0 Å². The Labute approximate surface area is 81.1 Å². The van der Waals surface area contributed by atoms with Gasteiger partial charge in [-0.15, -0.1) is 0 Å². The second kappa shape index (κ2) is 1.73. The maximum Gasteiger partial charge on any atom is -0.0235 e. The Morgan fingerprint density at radius 3 is 1.92 bits per heavy atom. The van der Waals surface area contributed by atoms with Crippen LogP contribution in [0.3, 0.4) is 0 Å². The molecule has 0 heteroatoms. The lowest BCUT2D eigenvalue weighted by Crippen LogP contribution is -2.28. The second-order valence-electron chi connectivity index (χ2n) is 6.63. The Morgan fingerprint density at radius 1 is 0.846 bits per heavy atom. The molecule has 0 nitrogen and oxygen atoms in total. The van der Waals surface area contributed by atoms with Crippen molar-refractivity contribution in [3.63, 3.8) is 0 Å². The van der Waals surface area contributed by atoms with Crippen LogP contribution < -0.4 is 0 Å². The summed E-state index contributed by atoms with van der Waals surface area (Å²) in [5.41, 5.74) is 1.79. The molecule has 0 bridgehead atoms. The molecule has 0 radical (unpaired) electrons. The van der Waals surface area contributed by atoms with Crippen molar-refractivity contribution in [1.29, 1.82) is 0 Å². The van der Waals surface area contributed by atoms with Crippen LogP contribution in [0.5, 0.6) is 0 Å². The molecular formula is C13H20. The molecule has 2 spiro atoms. The first-order chi connectivity index (χ1) is 6.19. The summed E-state index contributed by atoms with van der Waals surface area (Å²) in [4.78, 5) is 0. The van der Waals surface area contributed by atoms with Crippen LogP contribution in [-0.2, 0) is 0 Å². The van der Waals surface area contributed by atoms with E-state index < -0.39 is 0 Å². The van der Waals surface area contributed by atoms with Crippen LogP contribution in [-0.4, -0.2) is 0 Å². The van der Waals surface area contributed by atoms with Crippen LogP contribution in [0.4, 0.5) is 0 Å². The van der Waals surface area contributed by atoms with Crippen LogP contribution in [0.15, 0.2) is 0 Å². The monoisotopic (exact) mass is 176 g/mol. The third-order valence-corrected chi connectivity index (χ3v) is 6.27. The van der Waals surface area contributed by atoms with Crippen LogP contribution in [0, 0.1) is 34.5 Å². The molecule has 0 aromatic heterocycles. The lowest BCUT2D eigenvalue weighted by atomic mass is 9.70. The predicted octanol–water partition coefficient (Wildman–Crippen LogP) is 3.47. The fourth-order valence-corrected chi connectivity index (χ4v) is 5.08. The molecule has 0 aromatic rings. The molecule has 4 fully saturated rings. The van der Waals surface area contributed by atoms with Gasteiger partial charge < -0.3 is 0 Å². The van der Waals surface area contributed by atoms with Crippen molar-refractivity contribution in [2.75, 3.05) is 0 Å². The van der Waals surface area contributed by atoms with Gasteiger partial charge in [-0.05, 0) is 66.6 Å². The van der Waals surface area contributed by atoms with E-state index in [1.54, 1.807) is 32.1 Å². The number of rotatable bonds is 0. The van der Waals surface area contributed by atoms with Gasteiger partial charge in [-0.25, -0.2) is 0 Å². The molecule has 72 valence electrons. The maximum absolute atomic E-state index is 2.55. The van der Waals surface area contributed by atoms with Gasteiger partial charge >= 0.3 is 0 Å². The van der Waals surface area contributed by atoms with Gasteiger partial charge in [-0.3, -0.25) is 0 Å². The van der Waals surface area contributed by atoms with Crippen LogP contribution in [0.1, 0.15) is 46.0 Å². The Kier molecular flexibility index (Phi) is 0.971. The average Bonchev–Trinajstić information content (AvgIpc) is 2.86. The molecule has 0 aliphatic heterocycles. The molecule has 0 saturated heterocycles. The van der Waals surface area contributed by atoms with Crippen molar-refractivity contribution >= 4 is 0 Å². The van der Waals surface area contributed by atoms with Gasteiger partial charge in [0.1, 0.15) is 0 Å². The number of hydrogen-bond acceptors (Lipinski definition) is 0. The van der Waals surface area contributed by atoms with E-state index in [1.807, 2.05) is 0 Å². The molecule has 4 unspecified atom stereocenters. The van der Waals surface area contributed by atoms with Crippen LogP contribution in [0.25, 0.3) is 0 Å². The van der Waals surface area contributed by atoms with Crippen molar-refractivity contribution < 1.29 is 0 Å². The minimum absolute atomic E-state index is 0.887. The highest BCUT2D eigenvalue weighted by atomic mass is 14.8. The molecular weight excluding hydrogens is 156 g/mol. The molecule has 4 aliphatic rings. The van der Waals surface area contributed by atoms with Crippen LogP contribution >= 0.6 is 0 Å². The zero-order valence-corrected chi connectivity index (χ0v) is 8.84. The summed E-state index contributed by atoms with van der Waals surface area (Å²) in [6.07, 6.45) is 7.96. The van der Waals surface area contributed by atoms with Gasteiger partial charge in [-0.1, -0.05) is 13.8 Å². The van der Waals surface area contributed by atoms with E-state index in [2.05, 4.69) is 13.8 Å². The molecule has 4 saturated carbocycles. The predicted molar refractivity (Wildman–Crippen MR) is 53.3 cm³/mol. The highest BCUT2D eigenvalue weighted by molar-refractivity contribution is 5.24. The minimum atomic E-state index is 0.887. The van der Waals surface area contributed by atoms with E-state index in [4.69, 9.17) is 0 Å². The summed E-state index contributed by atoms with van der Waals surface area (Å²) in [6.45, 7) is 5.04. The topological polar surface area (TPSA) is 0 Å². The number of hydrogen-bond donors (Lipinski definition) is 0. The molecule has 5 atom stereocenters. The fourth-order valence-electron chi connectivity index (χ4n) is 5.08. The Hall–Kier alpha value is 0. The summed E-state index contributed by atoms with van der Waals surface area (Å²) in [7, 11) is 0. The molecule has 4 rings (SSSR count). The van der Waals surface area contributed by atoms with Crippen molar-refractivity contribution in [3.05, 3.63) is 0 Å². The minimum Gasteiger partial charge on any atom is -0.0619 e. The van der Waals surface area contributed by atoms with E-state index >= 15 is 0 Å². The van der Waals surface area contributed by atoms with Crippen molar-refractivity contribution in [3.8, 4) is 0 Å². The first-order valence-corrected chi connectivity index (χ1v) is 6.19. The van der Waals surface area contributed by atoms with E-state index in [0.717, 1.165) is 22.7 Å².